The van der Waals surface area contributed by atoms with Crippen LogP contribution < -0.4 is 0 Å². The van der Waals surface area contributed by atoms with Crippen LogP contribution in [0.2, 0.25) is 0 Å². The van der Waals surface area contributed by atoms with Gasteiger partial charge in [-0.2, -0.15) is 0 Å². The summed E-state index contributed by atoms with van der Waals surface area (Å²) >= 11 is 0. The van der Waals surface area contributed by atoms with Crippen LogP contribution in [0, 0.1) is 5.41 Å². The van der Waals surface area contributed by atoms with E-state index in [-0.39, 0.29) is 18.8 Å². The molecule has 1 aromatic rings. The van der Waals surface area contributed by atoms with E-state index >= 15 is 0 Å². The third kappa shape index (κ3) is 3.31. The summed E-state index contributed by atoms with van der Waals surface area (Å²) < 4.78 is 4.87. The van der Waals surface area contributed by atoms with Gasteiger partial charge < -0.3 is 14.6 Å². The fraction of sp³-hybridized carbons (Fsp3) is 0.385. The van der Waals surface area contributed by atoms with E-state index in [0.717, 1.165) is 5.56 Å². The van der Waals surface area contributed by atoms with E-state index in [1.807, 2.05) is 0 Å². The van der Waals surface area contributed by atoms with E-state index in [4.69, 9.17) is 9.84 Å². The summed E-state index contributed by atoms with van der Waals surface area (Å²) in [5.74, 6) is -0.374. The standard InChI is InChI=1S/C13H16O4/c1-3-17-12(16)13(2,9-14)8-10-4-6-11(15)7-5-10/h4-7,9,15H,3,8H2,1-2H3. The number of hydrogen-bond acceptors (Lipinski definition) is 4. The molecule has 17 heavy (non-hydrogen) atoms. The van der Waals surface area contributed by atoms with Gasteiger partial charge in [-0.25, -0.2) is 0 Å². The number of rotatable bonds is 5. The van der Waals surface area contributed by atoms with Crippen molar-refractivity contribution >= 4 is 12.3 Å². The number of phenolic OH excluding ortho intramolecular Hbond substituents is 1. The van der Waals surface area contributed by atoms with E-state index in [1.54, 1.807) is 26.0 Å². The molecule has 0 heterocycles. The van der Waals surface area contributed by atoms with Gasteiger partial charge in [0.15, 0.2) is 0 Å². The van der Waals surface area contributed by atoms with Crippen LogP contribution in [0.1, 0.15) is 19.4 Å². The molecule has 0 aliphatic heterocycles. The molecule has 0 aromatic heterocycles. The summed E-state index contributed by atoms with van der Waals surface area (Å²) in [6, 6.07) is 6.39. The predicted molar refractivity (Wildman–Crippen MR) is 62.6 cm³/mol. The SMILES string of the molecule is CCOC(=O)C(C)(C=O)Cc1ccc(O)cc1. The number of benzene rings is 1. The number of aromatic hydroxyl groups is 1. The second kappa shape index (κ2) is 5.48. The van der Waals surface area contributed by atoms with Gasteiger partial charge in [0.05, 0.1) is 6.61 Å². The van der Waals surface area contributed by atoms with Gasteiger partial charge in [-0.3, -0.25) is 4.79 Å². The predicted octanol–water partition coefficient (Wildman–Crippen LogP) is 1.70. The monoisotopic (exact) mass is 236 g/mol. The van der Waals surface area contributed by atoms with Crippen molar-refractivity contribution in [2.45, 2.75) is 20.3 Å². The second-order valence-electron chi connectivity index (χ2n) is 4.10. The Morgan fingerprint density at radius 3 is 2.47 bits per heavy atom. The lowest BCUT2D eigenvalue weighted by molar-refractivity contribution is -0.155. The molecule has 4 heteroatoms. The first-order valence-electron chi connectivity index (χ1n) is 5.43. The topological polar surface area (TPSA) is 63.6 Å². The minimum absolute atomic E-state index is 0.151. The highest BCUT2D eigenvalue weighted by Crippen LogP contribution is 2.23. The van der Waals surface area contributed by atoms with Gasteiger partial charge in [0.25, 0.3) is 0 Å². The third-order valence-electron chi connectivity index (χ3n) is 2.51. The lowest BCUT2D eigenvalue weighted by Crippen LogP contribution is -2.33. The summed E-state index contributed by atoms with van der Waals surface area (Å²) in [7, 11) is 0. The van der Waals surface area contributed by atoms with Gasteiger partial charge in [0, 0.05) is 0 Å². The zero-order chi connectivity index (χ0) is 12.9. The van der Waals surface area contributed by atoms with Crippen LogP contribution in [-0.4, -0.2) is 24.0 Å². The number of carbonyl (C=O) groups excluding carboxylic acids is 2. The van der Waals surface area contributed by atoms with Crippen molar-refractivity contribution in [1.82, 2.24) is 0 Å². The zero-order valence-electron chi connectivity index (χ0n) is 9.97. The molecule has 1 N–H and O–H groups in total. The van der Waals surface area contributed by atoms with Crippen LogP contribution in [0.4, 0.5) is 0 Å². The molecule has 1 unspecified atom stereocenters. The number of phenols is 1. The third-order valence-corrected chi connectivity index (χ3v) is 2.51. The highest BCUT2D eigenvalue weighted by atomic mass is 16.5. The Bertz CT molecular complexity index is 396. The maximum absolute atomic E-state index is 11.7. The van der Waals surface area contributed by atoms with E-state index < -0.39 is 11.4 Å². The van der Waals surface area contributed by atoms with Gasteiger partial charge in [-0.05, 0) is 38.0 Å². The zero-order valence-corrected chi connectivity index (χ0v) is 9.97. The van der Waals surface area contributed by atoms with Crippen molar-refractivity contribution in [2.24, 2.45) is 5.41 Å². The summed E-state index contributed by atoms with van der Waals surface area (Å²) in [4.78, 5) is 22.7. The molecule has 1 rings (SSSR count). The normalized spacial score (nSPS) is 13.8. The smallest absolute Gasteiger partial charge is 0.319 e. The molecule has 0 aliphatic carbocycles. The summed E-state index contributed by atoms with van der Waals surface area (Å²) in [5.41, 5.74) is -0.377. The highest BCUT2D eigenvalue weighted by Gasteiger charge is 2.34. The lowest BCUT2D eigenvalue weighted by atomic mass is 9.85. The molecule has 0 radical (unpaired) electrons. The van der Waals surface area contributed by atoms with Crippen molar-refractivity contribution in [3.05, 3.63) is 29.8 Å². The minimum atomic E-state index is -1.17. The Hall–Kier alpha value is -1.84. The molecule has 0 spiro atoms. The fourth-order valence-corrected chi connectivity index (χ4v) is 1.50. The number of ether oxygens (including phenoxy) is 1. The minimum Gasteiger partial charge on any atom is -0.508 e. The first kappa shape index (κ1) is 13.2. The average Bonchev–Trinajstić information content (AvgIpc) is 2.32. The summed E-state index contributed by atoms with van der Waals surface area (Å²) in [6.45, 7) is 3.49. The number of hydrogen-bond donors (Lipinski definition) is 1. The molecule has 0 saturated heterocycles. The molecular weight excluding hydrogens is 220 g/mol. The quantitative estimate of drug-likeness (QED) is 0.480. The van der Waals surface area contributed by atoms with Crippen LogP contribution in [0.25, 0.3) is 0 Å². The number of aldehydes is 1. The van der Waals surface area contributed by atoms with Gasteiger partial charge in [-0.15, -0.1) is 0 Å². The fourth-order valence-electron chi connectivity index (χ4n) is 1.50. The molecule has 0 fully saturated rings. The Labute approximate surface area is 100 Å². The van der Waals surface area contributed by atoms with E-state index in [2.05, 4.69) is 0 Å². The van der Waals surface area contributed by atoms with Crippen LogP contribution in [0.5, 0.6) is 5.75 Å². The molecule has 0 saturated carbocycles. The molecule has 1 aromatic carbocycles. The Balaban J connectivity index is 2.85. The van der Waals surface area contributed by atoms with E-state index in [0.29, 0.717) is 6.29 Å². The summed E-state index contributed by atoms with van der Waals surface area (Å²) in [5, 5.41) is 9.14. The average molecular weight is 236 g/mol. The first-order valence-corrected chi connectivity index (χ1v) is 5.43. The first-order chi connectivity index (χ1) is 8.01. The molecular formula is C13H16O4. The van der Waals surface area contributed by atoms with Crippen molar-refractivity contribution in [2.75, 3.05) is 6.61 Å². The van der Waals surface area contributed by atoms with Crippen molar-refractivity contribution in [3.63, 3.8) is 0 Å². The summed E-state index contributed by atoms with van der Waals surface area (Å²) in [6.07, 6.45) is 0.869. The maximum atomic E-state index is 11.7. The Morgan fingerprint density at radius 1 is 1.41 bits per heavy atom. The van der Waals surface area contributed by atoms with Crippen LogP contribution in [-0.2, 0) is 20.7 Å². The van der Waals surface area contributed by atoms with Crippen molar-refractivity contribution < 1.29 is 19.4 Å². The highest BCUT2D eigenvalue weighted by molar-refractivity contribution is 5.93. The number of esters is 1. The molecule has 4 nitrogen and oxygen atoms in total. The Kier molecular flexibility index (Phi) is 4.26. The number of carbonyl (C=O) groups is 2. The Morgan fingerprint density at radius 2 is 2.00 bits per heavy atom. The molecule has 0 amide bonds. The van der Waals surface area contributed by atoms with E-state index in [9.17, 15) is 9.59 Å². The van der Waals surface area contributed by atoms with Crippen molar-refractivity contribution in [3.8, 4) is 5.75 Å². The second-order valence-corrected chi connectivity index (χ2v) is 4.10. The molecule has 0 aliphatic rings. The van der Waals surface area contributed by atoms with Gasteiger partial charge in [0.1, 0.15) is 17.5 Å². The maximum Gasteiger partial charge on any atom is 0.319 e. The van der Waals surface area contributed by atoms with Crippen LogP contribution >= 0.6 is 0 Å². The van der Waals surface area contributed by atoms with Crippen LogP contribution in [0.15, 0.2) is 24.3 Å². The molecule has 0 bridgehead atoms. The van der Waals surface area contributed by atoms with Gasteiger partial charge in [0.2, 0.25) is 0 Å². The largest absolute Gasteiger partial charge is 0.508 e. The van der Waals surface area contributed by atoms with E-state index in [1.165, 1.54) is 12.1 Å². The van der Waals surface area contributed by atoms with Crippen LogP contribution in [0.3, 0.4) is 0 Å². The lowest BCUT2D eigenvalue weighted by Gasteiger charge is -2.20. The van der Waals surface area contributed by atoms with Gasteiger partial charge >= 0.3 is 5.97 Å². The molecule has 92 valence electrons. The van der Waals surface area contributed by atoms with Gasteiger partial charge in [-0.1, -0.05) is 12.1 Å². The molecule has 1 atom stereocenters. The van der Waals surface area contributed by atoms with Crippen molar-refractivity contribution in [1.29, 1.82) is 0 Å².